The highest BCUT2D eigenvalue weighted by atomic mass is 31.1. The molecule has 0 heterocycles. The summed E-state index contributed by atoms with van der Waals surface area (Å²) in [6.45, 7) is 1.89. The van der Waals surface area contributed by atoms with E-state index in [9.17, 15) is 17.7 Å². The molecule has 0 aliphatic carbocycles. The van der Waals surface area contributed by atoms with Crippen LogP contribution in [-0.4, -0.2) is 32.2 Å². The molecule has 0 aromatic rings. The van der Waals surface area contributed by atoms with Crippen molar-refractivity contribution in [1.29, 1.82) is 0 Å². The van der Waals surface area contributed by atoms with Crippen LogP contribution >= 0.6 is 8.03 Å². The second-order valence-corrected chi connectivity index (χ2v) is 4.14. The molecular formula is C7H14F3O3P. The first-order chi connectivity index (χ1) is 6.41. The zero-order valence-corrected chi connectivity index (χ0v) is 9.06. The van der Waals surface area contributed by atoms with Gasteiger partial charge in [-0.3, -0.25) is 4.57 Å². The lowest BCUT2D eigenvalue weighted by atomic mass is 10.3. The fourth-order valence-electron chi connectivity index (χ4n) is 0.897. The Kier molecular flexibility index (Phi) is 6.40. The van der Waals surface area contributed by atoms with Crippen LogP contribution in [0.5, 0.6) is 0 Å². The quantitative estimate of drug-likeness (QED) is 0.662. The number of hydrogen-bond acceptors (Lipinski definition) is 3. The Bertz CT molecular complexity index is 184. The van der Waals surface area contributed by atoms with Crippen LogP contribution in [-0.2, 0) is 13.8 Å². The minimum Gasteiger partial charge on any atom is -0.372 e. The molecule has 2 atom stereocenters. The Labute approximate surface area is 81.4 Å². The van der Waals surface area contributed by atoms with E-state index in [4.69, 9.17) is 0 Å². The lowest BCUT2D eigenvalue weighted by molar-refractivity contribution is -0.212. The van der Waals surface area contributed by atoms with Gasteiger partial charge in [-0.15, -0.1) is 0 Å². The standard InChI is InChI=1S/C7H14F3O3P/c1-3-13-14(11)5-4-6(12-2)7(8,9)10/h6,14H,3-5H2,1-2H3. The molecule has 0 N–H and O–H groups in total. The first-order valence-corrected chi connectivity index (χ1v) is 5.69. The Morgan fingerprint density at radius 1 is 1.43 bits per heavy atom. The first-order valence-electron chi connectivity index (χ1n) is 4.17. The van der Waals surface area contributed by atoms with Gasteiger partial charge in [-0.1, -0.05) is 0 Å². The fourth-order valence-corrected chi connectivity index (χ4v) is 1.86. The predicted molar refractivity (Wildman–Crippen MR) is 47.0 cm³/mol. The van der Waals surface area contributed by atoms with E-state index < -0.39 is 20.3 Å². The summed E-state index contributed by atoms with van der Waals surface area (Å²) in [4.78, 5) is 0. The second-order valence-electron chi connectivity index (χ2n) is 2.61. The van der Waals surface area contributed by atoms with E-state index in [0.29, 0.717) is 0 Å². The molecule has 0 radical (unpaired) electrons. The zero-order chi connectivity index (χ0) is 11.2. The van der Waals surface area contributed by atoms with Crippen LogP contribution in [0.4, 0.5) is 13.2 Å². The minimum absolute atomic E-state index is 0.101. The van der Waals surface area contributed by atoms with Crippen molar-refractivity contribution in [2.75, 3.05) is 19.9 Å². The van der Waals surface area contributed by atoms with Crippen molar-refractivity contribution < 1.29 is 27.0 Å². The Morgan fingerprint density at radius 2 is 2.00 bits per heavy atom. The van der Waals surface area contributed by atoms with Crippen molar-refractivity contribution in [3.05, 3.63) is 0 Å². The van der Waals surface area contributed by atoms with E-state index in [0.717, 1.165) is 7.11 Å². The summed E-state index contributed by atoms with van der Waals surface area (Å²) in [7, 11) is -1.35. The van der Waals surface area contributed by atoms with Crippen LogP contribution in [0.15, 0.2) is 0 Å². The van der Waals surface area contributed by atoms with Gasteiger partial charge in [-0.25, -0.2) is 0 Å². The molecule has 0 aliphatic heterocycles. The van der Waals surface area contributed by atoms with Crippen molar-refractivity contribution >= 4 is 8.03 Å². The van der Waals surface area contributed by atoms with Gasteiger partial charge in [-0.05, 0) is 13.3 Å². The lowest BCUT2D eigenvalue weighted by Crippen LogP contribution is -2.31. The normalized spacial score (nSPS) is 16.6. The molecule has 0 bridgehead atoms. The maximum Gasteiger partial charge on any atom is 0.414 e. The molecule has 0 spiro atoms. The third-order valence-corrected chi connectivity index (χ3v) is 2.87. The number of methoxy groups -OCH3 is 1. The molecule has 0 rings (SSSR count). The van der Waals surface area contributed by atoms with Gasteiger partial charge < -0.3 is 9.26 Å². The SMILES string of the molecule is CCO[PH](=O)CCC(OC)C(F)(F)F. The number of rotatable bonds is 6. The average molecular weight is 234 g/mol. The first kappa shape index (κ1) is 13.9. The van der Waals surface area contributed by atoms with Crippen LogP contribution in [0.2, 0.25) is 0 Å². The topological polar surface area (TPSA) is 35.5 Å². The monoisotopic (exact) mass is 234 g/mol. The smallest absolute Gasteiger partial charge is 0.372 e. The zero-order valence-electron chi connectivity index (χ0n) is 8.06. The molecule has 0 saturated heterocycles. The summed E-state index contributed by atoms with van der Waals surface area (Å²) < 4.78 is 56.1. The summed E-state index contributed by atoms with van der Waals surface area (Å²) in [5.41, 5.74) is 0. The molecule has 3 nitrogen and oxygen atoms in total. The van der Waals surface area contributed by atoms with E-state index >= 15 is 0 Å². The minimum atomic E-state index is -4.40. The van der Waals surface area contributed by atoms with Gasteiger partial charge in [0.25, 0.3) is 0 Å². The molecule has 0 aliphatic rings. The molecule has 0 aromatic carbocycles. The molecular weight excluding hydrogens is 220 g/mol. The van der Waals surface area contributed by atoms with Crippen molar-refractivity contribution in [3.8, 4) is 0 Å². The highest BCUT2D eigenvalue weighted by Crippen LogP contribution is 2.30. The number of halogens is 3. The van der Waals surface area contributed by atoms with E-state index in [1.54, 1.807) is 6.92 Å². The van der Waals surface area contributed by atoms with E-state index in [1.165, 1.54) is 0 Å². The highest BCUT2D eigenvalue weighted by Gasteiger charge is 2.39. The van der Waals surface area contributed by atoms with Crippen molar-refractivity contribution in [2.24, 2.45) is 0 Å². The van der Waals surface area contributed by atoms with E-state index in [2.05, 4.69) is 9.26 Å². The van der Waals surface area contributed by atoms with Gasteiger partial charge in [0.15, 0.2) is 14.1 Å². The second kappa shape index (κ2) is 6.43. The summed E-state index contributed by atoms with van der Waals surface area (Å²) >= 11 is 0. The fraction of sp³-hybridized carbons (Fsp3) is 1.00. The molecule has 14 heavy (non-hydrogen) atoms. The molecule has 0 fully saturated rings. The molecule has 2 unspecified atom stereocenters. The average Bonchev–Trinajstić information content (AvgIpc) is 2.03. The maximum atomic E-state index is 12.1. The van der Waals surface area contributed by atoms with Crippen molar-refractivity contribution in [2.45, 2.75) is 25.6 Å². The maximum absolute atomic E-state index is 12.1. The Balaban J connectivity index is 3.91. The third-order valence-electron chi connectivity index (χ3n) is 1.57. The lowest BCUT2D eigenvalue weighted by Gasteiger charge is -2.18. The van der Waals surface area contributed by atoms with Crippen LogP contribution in [0, 0.1) is 0 Å². The predicted octanol–water partition coefficient (Wildman–Crippen LogP) is 2.47. The molecule has 0 aromatic heterocycles. The van der Waals surface area contributed by atoms with Crippen molar-refractivity contribution in [1.82, 2.24) is 0 Å². The Morgan fingerprint density at radius 3 is 2.36 bits per heavy atom. The number of alkyl halides is 3. The van der Waals surface area contributed by atoms with Gasteiger partial charge in [0.05, 0.1) is 6.61 Å². The third kappa shape index (κ3) is 5.62. The van der Waals surface area contributed by atoms with Crippen LogP contribution in [0.3, 0.4) is 0 Å². The van der Waals surface area contributed by atoms with E-state index in [-0.39, 0.29) is 19.2 Å². The summed E-state index contributed by atoms with van der Waals surface area (Å²) in [6, 6.07) is 0. The summed E-state index contributed by atoms with van der Waals surface area (Å²) in [6.07, 6.45) is -6.67. The van der Waals surface area contributed by atoms with Crippen LogP contribution in [0.1, 0.15) is 13.3 Å². The molecule has 7 heteroatoms. The van der Waals surface area contributed by atoms with Crippen molar-refractivity contribution in [3.63, 3.8) is 0 Å². The Hall–Kier alpha value is -0.0600. The largest absolute Gasteiger partial charge is 0.414 e. The van der Waals surface area contributed by atoms with E-state index in [1.807, 2.05) is 0 Å². The highest BCUT2D eigenvalue weighted by molar-refractivity contribution is 7.39. The summed E-state index contributed by atoms with van der Waals surface area (Å²) in [5, 5.41) is 0. The van der Waals surface area contributed by atoms with Gasteiger partial charge in [-0.2, -0.15) is 13.2 Å². The van der Waals surface area contributed by atoms with Crippen LogP contribution in [0.25, 0.3) is 0 Å². The number of hydrogen-bond donors (Lipinski definition) is 0. The summed E-state index contributed by atoms with van der Waals surface area (Å²) in [5.74, 6) is 0. The number of ether oxygens (including phenoxy) is 1. The van der Waals surface area contributed by atoms with Gasteiger partial charge in [0, 0.05) is 13.3 Å². The van der Waals surface area contributed by atoms with Crippen LogP contribution < -0.4 is 0 Å². The molecule has 86 valence electrons. The van der Waals surface area contributed by atoms with Gasteiger partial charge in [0.2, 0.25) is 0 Å². The van der Waals surface area contributed by atoms with Gasteiger partial charge in [0.1, 0.15) is 0 Å². The molecule has 0 amide bonds. The molecule has 0 saturated carbocycles. The van der Waals surface area contributed by atoms with Gasteiger partial charge >= 0.3 is 6.18 Å².